The van der Waals surface area contributed by atoms with Crippen molar-refractivity contribution in [2.75, 3.05) is 11.1 Å². The summed E-state index contributed by atoms with van der Waals surface area (Å²) in [6.45, 7) is 2.67. The van der Waals surface area contributed by atoms with Crippen LogP contribution < -0.4 is 11.1 Å². The van der Waals surface area contributed by atoms with Crippen LogP contribution in [-0.2, 0) is 6.54 Å². The van der Waals surface area contributed by atoms with Crippen LogP contribution in [0.4, 0.5) is 11.4 Å². The van der Waals surface area contributed by atoms with Gasteiger partial charge in [-0.15, -0.1) is 0 Å². The second-order valence-electron chi connectivity index (χ2n) is 3.42. The molecular formula is C11H13N3O. The fraction of sp³-hybridized carbons (Fsp3) is 0.182. The normalized spacial score (nSPS) is 10.2. The molecule has 0 unspecified atom stereocenters. The molecule has 78 valence electrons. The van der Waals surface area contributed by atoms with Gasteiger partial charge >= 0.3 is 0 Å². The van der Waals surface area contributed by atoms with E-state index in [4.69, 9.17) is 10.3 Å². The smallest absolute Gasteiger partial charge is 0.124 e. The summed E-state index contributed by atoms with van der Waals surface area (Å²) < 4.78 is 4.74. The van der Waals surface area contributed by atoms with Gasteiger partial charge in [0.25, 0.3) is 0 Å². The van der Waals surface area contributed by atoms with E-state index in [-0.39, 0.29) is 0 Å². The molecule has 0 aliphatic rings. The molecule has 0 fully saturated rings. The van der Waals surface area contributed by atoms with Gasteiger partial charge in [-0.3, -0.25) is 0 Å². The Morgan fingerprint density at radius 3 is 2.93 bits per heavy atom. The minimum Gasteiger partial charge on any atom is -0.399 e. The molecule has 3 N–H and O–H groups in total. The van der Waals surface area contributed by atoms with Crippen LogP contribution in [0.15, 0.2) is 35.1 Å². The molecule has 0 atom stereocenters. The topological polar surface area (TPSA) is 64.1 Å². The highest BCUT2D eigenvalue weighted by Gasteiger charge is 2.00. The number of hydrogen-bond donors (Lipinski definition) is 2. The third-order valence-corrected chi connectivity index (χ3v) is 2.20. The fourth-order valence-electron chi connectivity index (χ4n) is 1.40. The molecule has 15 heavy (non-hydrogen) atoms. The van der Waals surface area contributed by atoms with Crippen molar-refractivity contribution in [2.45, 2.75) is 13.5 Å². The first kappa shape index (κ1) is 9.58. The lowest BCUT2D eigenvalue weighted by molar-refractivity contribution is 0.412. The molecule has 0 aliphatic heterocycles. The van der Waals surface area contributed by atoms with Crippen molar-refractivity contribution in [3.8, 4) is 0 Å². The van der Waals surface area contributed by atoms with Crippen LogP contribution in [0.2, 0.25) is 0 Å². The van der Waals surface area contributed by atoms with E-state index in [2.05, 4.69) is 10.5 Å². The first-order valence-corrected chi connectivity index (χ1v) is 4.75. The number of nitrogens with two attached hydrogens (primary N) is 1. The molecule has 0 saturated heterocycles. The number of nitrogens with one attached hydrogen (secondary N) is 1. The summed E-state index contributed by atoms with van der Waals surface area (Å²) in [7, 11) is 0. The zero-order valence-corrected chi connectivity index (χ0v) is 8.53. The summed E-state index contributed by atoms with van der Waals surface area (Å²) in [5.41, 5.74) is 9.51. The zero-order valence-electron chi connectivity index (χ0n) is 8.53. The van der Waals surface area contributed by atoms with E-state index in [0.29, 0.717) is 6.54 Å². The molecule has 1 aromatic carbocycles. The average molecular weight is 203 g/mol. The Kier molecular flexibility index (Phi) is 2.58. The molecule has 0 saturated carbocycles. The number of rotatable bonds is 3. The van der Waals surface area contributed by atoms with E-state index in [9.17, 15) is 0 Å². The molecule has 4 nitrogen and oxygen atoms in total. The van der Waals surface area contributed by atoms with Crippen molar-refractivity contribution in [1.82, 2.24) is 5.16 Å². The summed E-state index contributed by atoms with van der Waals surface area (Å²) in [5, 5.41) is 7.08. The highest BCUT2D eigenvalue weighted by atomic mass is 16.5. The van der Waals surface area contributed by atoms with Gasteiger partial charge in [0.05, 0.1) is 6.54 Å². The lowest BCUT2D eigenvalue weighted by atomic mass is 10.2. The Labute approximate surface area is 88.1 Å². The summed E-state index contributed by atoms with van der Waals surface area (Å²) in [6, 6.07) is 7.60. The molecule has 1 heterocycles. The maximum absolute atomic E-state index is 5.66. The Balaban J connectivity index is 2.05. The third-order valence-electron chi connectivity index (χ3n) is 2.20. The zero-order chi connectivity index (χ0) is 10.7. The predicted molar refractivity (Wildman–Crippen MR) is 59.4 cm³/mol. The van der Waals surface area contributed by atoms with Gasteiger partial charge in [0.1, 0.15) is 12.0 Å². The highest BCUT2D eigenvalue weighted by molar-refractivity contribution is 5.57. The number of hydrogen-bond acceptors (Lipinski definition) is 4. The lowest BCUT2D eigenvalue weighted by Gasteiger charge is -2.08. The summed E-state index contributed by atoms with van der Waals surface area (Å²) in [4.78, 5) is 0. The first-order chi connectivity index (χ1) is 7.25. The summed E-state index contributed by atoms with van der Waals surface area (Å²) in [5.74, 6) is 0. The van der Waals surface area contributed by atoms with Gasteiger partial charge in [-0.1, -0.05) is 5.16 Å². The highest BCUT2D eigenvalue weighted by Crippen LogP contribution is 2.18. The standard InChI is InChI=1S/C11H13N3O/c1-8-6-9(12)2-3-11(8)13-7-10-4-5-15-14-10/h2-6,13H,7,12H2,1H3. The van der Waals surface area contributed by atoms with E-state index in [1.54, 1.807) is 6.26 Å². The number of nitrogen functional groups attached to an aromatic ring is 1. The fourth-order valence-corrected chi connectivity index (χ4v) is 1.40. The summed E-state index contributed by atoms with van der Waals surface area (Å²) in [6.07, 6.45) is 1.56. The largest absolute Gasteiger partial charge is 0.399 e. The van der Waals surface area contributed by atoms with Crippen LogP contribution in [0, 0.1) is 6.92 Å². The molecule has 4 heteroatoms. The van der Waals surface area contributed by atoms with Crippen molar-refractivity contribution in [2.24, 2.45) is 0 Å². The van der Waals surface area contributed by atoms with Crippen LogP contribution in [0.25, 0.3) is 0 Å². The van der Waals surface area contributed by atoms with Crippen molar-refractivity contribution in [1.29, 1.82) is 0 Å². The Morgan fingerprint density at radius 1 is 1.40 bits per heavy atom. The van der Waals surface area contributed by atoms with Crippen LogP contribution in [0.1, 0.15) is 11.3 Å². The van der Waals surface area contributed by atoms with Gasteiger partial charge < -0.3 is 15.6 Å². The Hall–Kier alpha value is -1.97. The molecule has 0 amide bonds. The van der Waals surface area contributed by atoms with Crippen molar-refractivity contribution >= 4 is 11.4 Å². The predicted octanol–water partition coefficient (Wildman–Crippen LogP) is 2.18. The van der Waals surface area contributed by atoms with E-state index in [1.807, 2.05) is 31.2 Å². The quantitative estimate of drug-likeness (QED) is 0.750. The molecular weight excluding hydrogens is 190 g/mol. The SMILES string of the molecule is Cc1cc(N)ccc1NCc1ccon1. The maximum atomic E-state index is 5.66. The van der Waals surface area contributed by atoms with Gasteiger partial charge in [0.15, 0.2) is 0 Å². The van der Waals surface area contributed by atoms with Crippen molar-refractivity contribution in [3.05, 3.63) is 41.8 Å². The van der Waals surface area contributed by atoms with Gasteiger partial charge in [-0.2, -0.15) is 0 Å². The molecule has 1 aromatic heterocycles. The molecule has 0 bridgehead atoms. The van der Waals surface area contributed by atoms with Crippen molar-refractivity contribution in [3.63, 3.8) is 0 Å². The summed E-state index contributed by atoms with van der Waals surface area (Å²) >= 11 is 0. The number of aromatic nitrogens is 1. The second kappa shape index (κ2) is 4.04. The van der Waals surface area contributed by atoms with Crippen LogP contribution in [0.5, 0.6) is 0 Å². The van der Waals surface area contributed by atoms with E-state index >= 15 is 0 Å². The minimum absolute atomic E-state index is 0.654. The molecule has 0 radical (unpaired) electrons. The van der Waals surface area contributed by atoms with Crippen LogP contribution in [-0.4, -0.2) is 5.16 Å². The number of anilines is 2. The molecule has 2 rings (SSSR count). The van der Waals surface area contributed by atoms with Gasteiger partial charge in [0, 0.05) is 17.4 Å². The second-order valence-corrected chi connectivity index (χ2v) is 3.42. The maximum Gasteiger partial charge on any atom is 0.124 e. The van der Waals surface area contributed by atoms with Crippen LogP contribution >= 0.6 is 0 Å². The average Bonchev–Trinajstić information content (AvgIpc) is 2.69. The third kappa shape index (κ3) is 2.28. The number of nitrogens with zero attached hydrogens (tertiary/aromatic N) is 1. The van der Waals surface area contributed by atoms with E-state index in [0.717, 1.165) is 22.6 Å². The Morgan fingerprint density at radius 2 is 2.27 bits per heavy atom. The van der Waals surface area contributed by atoms with E-state index in [1.165, 1.54) is 0 Å². The van der Waals surface area contributed by atoms with Gasteiger partial charge in [-0.05, 0) is 30.7 Å². The Bertz CT molecular complexity index is 437. The van der Waals surface area contributed by atoms with Gasteiger partial charge in [-0.25, -0.2) is 0 Å². The lowest BCUT2D eigenvalue weighted by Crippen LogP contribution is -2.01. The molecule has 0 aliphatic carbocycles. The number of aryl methyl sites for hydroxylation is 1. The van der Waals surface area contributed by atoms with Gasteiger partial charge in [0.2, 0.25) is 0 Å². The minimum atomic E-state index is 0.654. The van der Waals surface area contributed by atoms with Crippen molar-refractivity contribution < 1.29 is 4.52 Å². The van der Waals surface area contributed by atoms with Crippen LogP contribution in [0.3, 0.4) is 0 Å². The monoisotopic (exact) mass is 203 g/mol. The van der Waals surface area contributed by atoms with E-state index < -0.39 is 0 Å². The molecule has 2 aromatic rings. The first-order valence-electron chi connectivity index (χ1n) is 4.75. The number of benzene rings is 1. The molecule has 0 spiro atoms.